The lowest BCUT2D eigenvalue weighted by atomic mass is 9.64. The molecular weight excluding hydrogens is 460 g/mol. The number of hydrogen-bond acceptors (Lipinski definition) is 8. The summed E-state index contributed by atoms with van der Waals surface area (Å²) in [5.41, 5.74) is 3.08. The normalized spacial score (nSPS) is 17.0. The van der Waals surface area contributed by atoms with Gasteiger partial charge in [-0.25, -0.2) is 4.98 Å². The molecule has 1 amide bonds. The first-order valence-corrected chi connectivity index (χ1v) is 12.2. The summed E-state index contributed by atoms with van der Waals surface area (Å²) in [6, 6.07) is 9.41. The molecule has 36 heavy (non-hydrogen) atoms. The van der Waals surface area contributed by atoms with Crippen LogP contribution in [0.2, 0.25) is 0 Å². The Morgan fingerprint density at radius 1 is 1.06 bits per heavy atom. The number of carbonyl (C=O) groups excluding carboxylic acids is 1. The van der Waals surface area contributed by atoms with Gasteiger partial charge in [0.05, 0.1) is 22.4 Å². The van der Waals surface area contributed by atoms with Gasteiger partial charge in [-0.2, -0.15) is 4.98 Å². The van der Waals surface area contributed by atoms with Crippen molar-refractivity contribution in [2.24, 2.45) is 0 Å². The molecule has 3 heterocycles. The molecule has 3 aromatic rings. The minimum absolute atomic E-state index is 0.0751. The third-order valence-corrected chi connectivity index (χ3v) is 7.36. The van der Waals surface area contributed by atoms with E-state index in [1.54, 1.807) is 6.92 Å². The minimum Gasteiger partial charge on any atom is -0.481 e. The largest absolute Gasteiger partial charge is 0.481 e. The van der Waals surface area contributed by atoms with E-state index >= 15 is 0 Å². The van der Waals surface area contributed by atoms with Gasteiger partial charge >= 0.3 is 5.97 Å². The van der Waals surface area contributed by atoms with E-state index in [1.807, 2.05) is 49.1 Å². The van der Waals surface area contributed by atoms with Crippen molar-refractivity contribution in [2.75, 3.05) is 36.4 Å². The zero-order valence-corrected chi connectivity index (χ0v) is 20.7. The van der Waals surface area contributed by atoms with E-state index in [9.17, 15) is 14.7 Å². The summed E-state index contributed by atoms with van der Waals surface area (Å²) in [5, 5.41) is 17.1. The van der Waals surface area contributed by atoms with E-state index in [-0.39, 0.29) is 5.91 Å². The lowest BCUT2D eigenvalue weighted by molar-refractivity contribution is -0.147. The molecule has 10 heteroatoms. The predicted molar refractivity (Wildman–Crippen MR) is 134 cm³/mol. The first kappa shape index (κ1) is 23.8. The molecule has 2 N–H and O–H groups in total. The Kier molecular flexibility index (Phi) is 6.11. The molecule has 5 rings (SSSR count). The lowest BCUT2D eigenvalue weighted by Crippen LogP contribution is -2.48. The van der Waals surface area contributed by atoms with Crippen molar-refractivity contribution in [1.82, 2.24) is 20.0 Å². The van der Waals surface area contributed by atoms with Crippen LogP contribution in [-0.4, -0.2) is 63.2 Å². The van der Waals surface area contributed by atoms with Gasteiger partial charge in [0.15, 0.2) is 0 Å². The summed E-state index contributed by atoms with van der Waals surface area (Å²) in [7, 11) is 0. The van der Waals surface area contributed by atoms with Gasteiger partial charge in [-0.1, -0.05) is 23.7 Å². The Bertz CT molecular complexity index is 1270. The number of nitrogens with zero attached hydrogens (tertiary/aromatic N) is 5. The first-order valence-electron chi connectivity index (χ1n) is 12.2. The number of aliphatic carboxylic acids is 1. The lowest BCUT2D eigenvalue weighted by Gasteiger charge is -2.38. The van der Waals surface area contributed by atoms with E-state index in [1.165, 1.54) is 0 Å². The number of anilines is 3. The van der Waals surface area contributed by atoms with Gasteiger partial charge in [-0.15, -0.1) is 0 Å². The second-order valence-corrected chi connectivity index (χ2v) is 9.57. The Morgan fingerprint density at radius 2 is 1.75 bits per heavy atom. The van der Waals surface area contributed by atoms with Crippen LogP contribution in [0.4, 0.5) is 17.5 Å². The minimum atomic E-state index is -0.770. The standard InChI is InChI=1S/C26H30N6O4/c1-16-23(17(2)36-30-16)21-15-22(32-13-11-31(12-14-32)18(3)33)29-25(28-21)27-20-7-5-19(6-8-20)26(24(34)35)9-4-10-26/h5-8,15H,4,9-14H2,1-3H3,(H,34,35)(H,27,28,29). The Balaban J connectivity index is 1.45. The highest BCUT2D eigenvalue weighted by molar-refractivity contribution is 5.83. The summed E-state index contributed by atoms with van der Waals surface area (Å²) in [4.78, 5) is 37.1. The monoisotopic (exact) mass is 490 g/mol. The van der Waals surface area contributed by atoms with Crippen LogP contribution in [0.1, 0.15) is 43.2 Å². The van der Waals surface area contributed by atoms with Crippen molar-refractivity contribution in [3.8, 4) is 11.3 Å². The van der Waals surface area contributed by atoms with Crippen LogP contribution < -0.4 is 10.2 Å². The SMILES string of the molecule is CC(=O)N1CCN(c2cc(-c3c(C)noc3C)nc(Nc3ccc(C4(C(=O)O)CCC4)cc3)n2)CC1. The third kappa shape index (κ3) is 4.27. The van der Waals surface area contributed by atoms with E-state index < -0.39 is 11.4 Å². The van der Waals surface area contributed by atoms with E-state index in [2.05, 4.69) is 15.4 Å². The van der Waals surface area contributed by atoms with E-state index in [0.29, 0.717) is 56.4 Å². The average Bonchev–Trinajstić information content (AvgIpc) is 3.17. The fourth-order valence-electron chi connectivity index (χ4n) is 5.04. The van der Waals surface area contributed by atoms with Crippen LogP contribution in [0.5, 0.6) is 0 Å². The van der Waals surface area contributed by atoms with Crippen LogP contribution in [0.3, 0.4) is 0 Å². The molecule has 0 radical (unpaired) electrons. The van der Waals surface area contributed by atoms with Crippen LogP contribution in [0.25, 0.3) is 11.3 Å². The molecule has 1 saturated heterocycles. The van der Waals surface area contributed by atoms with Crippen molar-refractivity contribution >= 4 is 29.3 Å². The van der Waals surface area contributed by atoms with Gasteiger partial charge in [0.2, 0.25) is 11.9 Å². The van der Waals surface area contributed by atoms with E-state index in [0.717, 1.165) is 34.7 Å². The molecule has 1 saturated carbocycles. The molecule has 0 unspecified atom stereocenters. The number of piperazine rings is 1. The number of carboxylic acid groups (broad SMARTS) is 1. The quantitative estimate of drug-likeness (QED) is 0.532. The van der Waals surface area contributed by atoms with Gasteiger partial charge in [0.25, 0.3) is 0 Å². The van der Waals surface area contributed by atoms with Crippen molar-refractivity contribution in [3.05, 3.63) is 47.3 Å². The number of aryl methyl sites for hydroxylation is 2. The summed E-state index contributed by atoms with van der Waals surface area (Å²) in [6.07, 6.45) is 2.26. The smallest absolute Gasteiger partial charge is 0.314 e. The molecule has 2 fully saturated rings. The highest BCUT2D eigenvalue weighted by Crippen LogP contribution is 2.44. The van der Waals surface area contributed by atoms with Crippen molar-refractivity contribution < 1.29 is 19.2 Å². The van der Waals surface area contributed by atoms with Crippen molar-refractivity contribution in [2.45, 2.75) is 45.4 Å². The molecular formula is C26H30N6O4. The highest BCUT2D eigenvalue weighted by Gasteiger charge is 2.45. The third-order valence-electron chi connectivity index (χ3n) is 7.36. The van der Waals surface area contributed by atoms with E-state index in [4.69, 9.17) is 14.5 Å². The first-order chi connectivity index (χ1) is 17.3. The van der Waals surface area contributed by atoms with Crippen molar-refractivity contribution in [1.29, 1.82) is 0 Å². The van der Waals surface area contributed by atoms with Crippen LogP contribution >= 0.6 is 0 Å². The Hall–Kier alpha value is -3.95. The number of aromatic nitrogens is 3. The summed E-state index contributed by atoms with van der Waals surface area (Å²) >= 11 is 0. The van der Waals surface area contributed by atoms with Gasteiger partial charge in [-0.3, -0.25) is 9.59 Å². The molecule has 2 aromatic heterocycles. The van der Waals surface area contributed by atoms with Gasteiger partial charge < -0.3 is 24.7 Å². The summed E-state index contributed by atoms with van der Waals surface area (Å²) < 4.78 is 5.38. The molecule has 1 aliphatic carbocycles. The van der Waals surface area contributed by atoms with Gasteiger partial charge in [-0.05, 0) is 44.4 Å². The number of carbonyl (C=O) groups is 2. The second kappa shape index (κ2) is 9.25. The van der Waals surface area contributed by atoms with Gasteiger partial charge in [0.1, 0.15) is 11.6 Å². The number of rotatable bonds is 6. The molecule has 1 aromatic carbocycles. The Labute approximate surface area is 209 Å². The second-order valence-electron chi connectivity index (χ2n) is 9.57. The predicted octanol–water partition coefficient (Wildman–Crippen LogP) is 3.67. The number of benzene rings is 1. The molecule has 0 bridgehead atoms. The topological polar surface area (TPSA) is 125 Å². The molecule has 10 nitrogen and oxygen atoms in total. The van der Waals surface area contributed by atoms with Crippen LogP contribution in [0.15, 0.2) is 34.9 Å². The highest BCUT2D eigenvalue weighted by atomic mass is 16.5. The maximum Gasteiger partial charge on any atom is 0.314 e. The fourth-order valence-corrected chi connectivity index (χ4v) is 5.04. The zero-order valence-electron chi connectivity index (χ0n) is 20.7. The molecule has 0 spiro atoms. The molecule has 1 aliphatic heterocycles. The molecule has 2 aliphatic rings. The zero-order chi connectivity index (χ0) is 25.4. The Morgan fingerprint density at radius 3 is 2.28 bits per heavy atom. The van der Waals surface area contributed by atoms with Crippen LogP contribution in [-0.2, 0) is 15.0 Å². The number of hydrogen-bond donors (Lipinski definition) is 2. The van der Waals surface area contributed by atoms with Gasteiger partial charge in [0, 0.05) is 44.9 Å². The number of nitrogens with one attached hydrogen (secondary N) is 1. The summed E-state index contributed by atoms with van der Waals surface area (Å²) in [6.45, 7) is 7.93. The maximum atomic E-state index is 11.9. The maximum absolute atomic E-state index is 11.9. The summed E-state index contributed by atoms with van der Waals surface area (Å²) in [5.74, 6) is 1.15. The fraction of sp³-hybridized carbons (Fsp3) is 0.423. The number of carboxylic acids is 1. The number of amides is 1. The molecule has 188 valence electrons. The molecule has 0 atom stereocenters. The van der Waals surface area contributed by atoms with Crippen molar-refractivity contribution in [3.63, 3.8) is 0 Å². The van der Waals surface area contributed by atoms with Crippen LogP contribution in [0, 0.1) is 13.8 Å². The average molecular weight is 491 g/mol.